The first-order valence-corrected chi connectivity index (χ1v) is 7.24. The molecule has 17 heavy (non-hydrogen) atoms. The van der Waals surface area contributed by atoms with E-state index in [-0.39, 0.29) is 10.2 Å². The second-order valence-electron chi connectivity index (χ2n) is 6.39. The first-order valence-electron chi connectivity index (χ1n) is 6.47. The summed E-state index contributed by atoms with van der Waals surface area (Å²) in [4.78, 5) is 14.9. The standard InChI is InChI=1S/C13H24N2OS/c1-12(2)11(16)15(17-13(12,3)4)10-6-8-14(5)9-7-10/h10H,6-9H2,1-5H3. The maximum atomic E-state index is 12.5. The molecule has 0 aromatic rings. The lowest BCUT2D eigenvalue weighted by Gasteiger charge is -2.34. The van der Waals surface area contributed by atoms with Crippen molar-refractivity contribution < 1.29 is 4.79 Å². The van der Waals surface area contributed by atoms with E-state index in [1.165, 1.54) is 0 Å². The minimum absolute atomic E-state index is 0.00737. The van der Waals surface area contributed by atoms with Crippen LogP contribution in [0.4, 0.5) is 0 Å². The summed E-state index contributed by atoms with van der Waals surface area (Å²) in [5.74, 6) is 0.321. The molecule has 0 spiro atoms. The van der Waals surface area contributed by atoms with Crippen molar-refractivity contribution >= 4 is 17.9 Å². The molecule has 2 aliphatic heterocycles. The van der Waals surface area contributed by atoms with Crippen molar-refractivity contribution in [3.05, 3.63) is 0 Å². The predicted molar refractivity (Wildman–Crippen MR) is 72.8 cm³/mol. The molecule has 0 bridgehead atoms. The predicted octanol–water partition coefficient (Wildman–Crippen LogP) is 2.38. The minimum atomic E-state index is -0.249. The van der Waals surface area contributed by atoms with Gasteiger partial charge in [-0.3, -0.25) is 9.10 Å². The van der Waals surface area contributed by atoms with E-state index in [0.717, 1.165) is 25.9 Å². The van der Waals surface area contributed by atoms with E-state index in [4.69, 9.17) is 0 Å². The van der Waals surface area contributed by atoms with Gasteiger partial charge in [-0.05, 0) is 72.6 Å². The van der Waals surface area contributed by atoms with E-state index >= 15 is 0 Å². The molecule has 0 radical (unpaired) electrons. The molecular weight excluding hydrogens is 232 g/mol. The quantitative estimate of drug-likeness (QED) is 0.673. The van der Waals surface area contributed by atoms with Crippen molar-refractivity contribution in [2.45, 2.75) is 51.3 Å². The Balaban J connectivity index is 2.12. The van der Waals surface area contributed by atoms with Crippen LogP contribution in [-0.4, -0.2) is 46.0 Å². The molecule has 0 aliphatic carbocycles. The van der Waals surface area contributed by atoms with Crippen LogP contribution in [0, 0.1) is 5.41 Å². The van der Waals surface area contributed by atoms with Crippen molar-refractivity contribution in [2.24, 2.45) is 5.41 Å². The normalized spacial score (nSPS) is 29.9. The molecule has 0 unspecified atom stereocenters. The highest BCUT2D eigenvalue weighted by Crippen LogP contribution is 2.53. The van der Waals surface area contributed by atoms with Crippen LogP contribution in [0.3, 0.4) is 0 Å². The van der Waals surface area contributed by atoms with Crippen molar-refractivity contribution in [1.29, 1.82) is 0 Å². The van der Waals surface area contributed by atoms with Crippen LogP contribution < -0.4 is 0 Å². The van der Waals surface area contributed by atoms with Crippen LogP contribution in [-0.2, 0) is 4.79 Å². The molecule has 98 valence electrons. The molecule has 2 aliphatic rings. The monoisotopic (exact) mass is 256 g/mol. The zero-order valence-electron chi connectivity index (χ0n) is 11.6. The van der Waals surface area contributed by atoms with Gasteiger partial charge in [-0.25, -0.2) is 0 Å². The van der Waals surface area contributed by atoms with E-state index in [0.29, 0.717) is 11.9 Å². The Kier molecular flexibility index (Phi) is 3.24. The lowest BCUT2D eigenvalue weighted by Crippen LogP contribution is -2.44. The van der Waals surface area contributed by atoms with Crippen LogP contribution >= 0.6 is 11.9 Å². The molecule has 0 saturated carbocycles. The summed E-state index contributed by atoms with van der Waals surface area (Å²) in [6.07, 6.45) is 2.22. The summed E-state index contributed by atoms with van der Waals surface area (Å²) < 4.78 is 2.08. The lowest BCUT2D eigenvalue weighted by molar-refractivity contribution is -0.135. The Labute approximate surface area is 109 Å². The lowest BCUT2D eigenvalue weighted by atomic mass is 9.79. The molecule has 2 heterocycles. The first kappa shape index (κ1) is 13.2. The van der Waals surface area contributed by atoms with Crippen LogP contribution in [0.2, 0.25) is 0 Å². The van der Waals surface area contributed by atoms with Crippen LogP contribution in [0.1, 0.15) is 40.5 Å². The maximum Gasteiger partial charge on any atom is 0.239 e. The number of nitrogens with zero attached hydrogens (tertiary/aromatic N) is 2. The van der Waals surface area contributed by atoms with Gasteiger partial charge in [0.15, 0.2) is 0 Å². The highest BCUT2D eigenvalue weighted by Gasteiger charge is 2.55. The Bertz CT molecular complexity index is 319. The number of carbonyl (C=O) groups excluding carboxylic acids is 1. The number of piperidine rings is 1. The third kappa shape index (κ3) is 2.10. The second kappa shape index (κ2) is 4.16. The van der Waals surface area contributed by atoms with Gasteiger partial charge in [0.1, 0.15) is 0 Å². The smallest absolute Gasteiger partial charge is 0.239 e. The summed E-state index contributed by atoms with van der Waals surface area (Å²) in [5, 5.41) is 0. The molecule has 2 saturated heterocycles. The van der Waals surface area contributed by atoms with E-state index in [1.807, 2.05) is 0 Å². The van der Waals surface area contributed by atoms with Gasteiger partial charge in [0.05, 0.1) is 5.41 Å². The van der Waals surface area contributed by atoms with Crippen LogP contribution in [0.15, 0.2) is 0 Å². The minimum Gasteiger partial charge on any atom is -0.306 e. The third-order valence-corrected chi connectivity index (χ3v) is 6.21. The largest absolute Gasteiger partial charge is 0.306 e. The van der Waals surface area contributed by atoms with E-state index in [1.54, 1.807) is 11.9 Å². The van der Waals surface area contributed by atoms with Crippen LogP contribution in [0.5, 0.6) is 0 Å². The van der Waals surface area contributed by atoms with E-state index in [9.17, 15) is 4.79 Å². The number of hydrogen-bond acceptors (Lipinski definition) is 3. The average molecular weight is 256 g/mol. The molecule has 0 aromatic carbocycles. The van der Waals surface area contributed by atoms with E-state index < -0.39 is 0 Å². The summed E-state index contributed by atoms with van der Waals surface area (Å²) in [5.41, 5.74) is -0.249. The molecule has 2 rings (SSSR count). The fraction of sp³-hybridized carbons (Fsp3) is 0.923. The van der Waals surface area contributed by atoms with E-state index in [2.05, 4.69) is 43.9 Å². The SMILES string of the molecule is CN1CCC(N2SC(C)(C)C(C)(C)C2=O)CC1. The molecule has 2 fully saturated rings. The summed E-state index contributed by atoms with van der Waals surface area (Å²) in [7, 11) is 2.16. The van der Waals surface area contributed by atoms with Gasteiger partial charge < -0.3 is 4.90 Å². The Morgan fingerprint density at radius 2 is 1.71 bits per heavy atom. The zero-order chi connectivity index (χ0) is 12.8. The molecule has 0 N–H and O–H groups in total. The molecule has 1 amide bonds. The Morgan fingerprint density at radius 3 is 2.12 bits per heavy atom. The number of rotatable bonds is 1. The number of carbonyl (C=O) groups is 1. The van der Waals surface area contributed by atoms with Gasteiger partial charge >= 0.3 is 0 Å². The maximum absolute atomic E-state index is 12.5. The van der Waals surface area contributed by atoms with Crippen molar-refractivity contribution in [1.82, 2.24) is 9.21 Å². The summed E-state index contributed by atoms with van der Waals surface area (Å²) in [6.45, 7) is 10.7. The van der Waals surface area contributed by atoms with Gasteiger partial charge in [0, 0.05) is 10.8 Å². The van der Waals surface area contributed by atoms with Crippen molar-refractivity contribution in [3.63, 3.8) is 0 Å². The fourth-order valence-electron chi connectivity index (χ4n) is 2.40. The number of amides is 1. The van der Waals surface area contributed by atoms with Gasteiger partial charge in [0.2, 0.25) is 5.91 Å². The number of hydrogen-bond donors (Lipinski definition) is 0. The van der Waals surface area contributed by atoms with Crippen molar-refractivity contribution in [2.75, 3.05) is 20.1 Å². The highest BCUT2D eigenvalue weighted by molar-refractivity contribution is 7.99. The molecule has 3 nitrogen and oxygen atoms in total. The molecule has 0 atom stereocenters. The van der Waals surface area contributed by atoms with Crippen LogP contribution in [0.25, 0.3) is 0 Å². The molecular formula is C13H24N2OS. The van der Waals surface area contributed by atoms with Gasteiger partial charge in [-0.2, -0.15) is 0 Å². The number of likely N-dealkylation sites (tertiary alicyclic amines) is 1. The van der Waals surface area contributed by atoms with Gasteiger partial charge in [-0.15, -0.1) is 0 Å². The van der Waals surface area contributed by atoms with Gasteiger partial charge in [-0.1, -0.05) is 0 Å². The topological polar surface area (TPSA) is 23.6 Å². The van der Waals surface area contributed by atoms with Crippen molar-refractivity contribution in [3.8, 4) is 0 Å². The Morgan fingerprint density at radius 1 is 1.18 bits per heavy atom. The van der Waals surface area contributed by atoms with Gasteiger partial charge in [0.25, 0.3) is 0 Å². The fourth-order valence-corrected chi connectivity index (χ4v) is 3.88. The Hall–Kier alpha value is -0.220. The average Bonchev–Trinajstić information content (AvgIpc) is 2.40. The zero-order valence-corrected chi connectivity index (χ0v) is 12.4. The highest BCUT2D eigenvalue weighted by atomic mass is 32.2. The summed E-state index contributed by atoms with van der Waals surface area (Å²) >= 11 is 1.76. The molecule has 0 aromatic heterocycles. The summed E-state index contributed by atoms with van der Waals surface area (Å²) in [6, 6.07) is 0.435. The first-order chi connectivity index (χ1) is 7.75. The molecule has 4 heteroatoms. The third-order valence-electron chi connectivity index (χ3n) is 4.59. The second-order valence-corrected chi connectivity index (χ2v) is 7.99.